The van der Waals surface area contributed by atoms with Crippen LogP contribution in [-0.4, -0.2) is 45.3 Å². The van der Waals surface area contributed by atoms with Crippen LogP contribution >= 0.6 is 0 Å². The lowest BCUT2D eigenvalue weighted by Gasteiger charge is -2.66. The fourth-order valence-electron chi connectivity index (χ4n) is 7.82. The Bertz CT molecular complexity index is 556. The summed E-state index contributed by atoms with van der Waals surface area (Å²) in [6.07, 6.45) is 6.44. The average molecular weight is 339 g/mol. The van der Waals surface area contributed by atoms with Gasteiger partial charge in [0, 0.05) is 5.41 Å². The maximum absolute atomic E-state index is 10.9. The van der Waals surface area contributed by atoms with Crippen molar-refractivity contribution in [3.05, 3.63) is 0 Å². The van der Waals surface area contributed by atoms with Crippen molar-refractivity contribution >= 4 is 0 Å². The minimum Gasteiger partial charge on any atom is -0.396 e. The topological polar surface area (TPSA) is 80.9 Å². The number of hydrogen-bond acceptors (Lipinski definition) is 4. The fraction of sp³-hybridized carbons (Fsp3) is 1.00. The van der Waals surface area contributed by atoms with Gasteiger partial charge in [-0.3, -0.25) is 0 Å². The predicted octanol–water partition coefficient (Wildman–Crippen LogP) is 2.09. The zero-order chi connectivity index (χ0) is 18.3. The van der Waals surface area contributed by atoms with Crippen molar-refractivity contribution in [3.8, 4) is 0 Å². The SMILES string of the molecule is [2H]C(O)[C@]1(C)[C@H](O)CC[C@@]2(C)[C@H]1CC[C@H]1C[C@@H]3C[C@@]12CC[C@]3(O)CO. The van der Waals surface area contributed by atoms with Gasteiger partial charge in [-0.05, 0) is 80.0 Å². The largest absolute Gasteiger partial charge is 0.396 e. The quantitative estimate of drug-likeness (QED) is 0.621. The van der Waals surface area contributed by atoms with Crippen molar-refractivity contribution in [1.82, 2.24) is 0 Å². The lowest BCUT2D eigenvalue weighted by Crippen LogP contribution is -2.63. The molecule has 4 aliphatic rings. The molecular formula is C20H34O4. The molecule has 0 saturated heterocycles. The van der Waals surface area contributed by atoms with Crippen molar-refractivity contribution in [2.45, 2.75) is 76.9 Å². The molecule has 0 heterocycles. The zero-order valence-corrected chi connectivity index (χ0v) is 15.0. The summed E-state index contributed by atoms with van der Waals surface area (Å²) in [5.74, 6) is 0.846. The molecule has 2 bridgehead atoms. The number of fused-ring (bicyclic) bond motifs is 2. The predicted molar refractivity (Wildman–Crippen MR) is 91.2 cm³/mol. The number of rotatable bonds is 2. The van der Waals surface area contributed by atoms with Crippen LogP contribution in [0.3, 0.4) is 0 Å². The molecule has 0 amide bonds. The van der Waals surface area contributed by atoms with E-state index in [1.807, 2.05) is 6.92 Å². The Labute approximate surface area is 146 Å². The molecule has 9 atom stereocenters. The molecular weight excluding hydrogens is 304 g/mol. The van der Waals surface area contributed by atoms with Gasteiger partial charge in [-0.15, -0.1) is 0 Å². The Kier molecular flexibility index (Phi) is 3.47. The highest BCUT2D eigenvalue weighted by atomic mass is 16.3. The second kappa shape index (κ2) is 5.18. The average Bonchev–Trinajstić information content (AvgIpc) is 2.92. The highest BCUT2D eigenvalue weighted by Crippen LogP contribution is 2.75. The number of aliphatic hydroxyl groups excluding tert-OH is 3. The van der Waals surface area contributed by atoms with Gasteiger partial charge < -0.3 is 20.4 Å². The van der Waals surface area contributed by atoms with Gasteiger partial charge in [0.05, 0.1) is 26.3 Å². The van der Waals surface area contributed by atoms with Gasteiger partial charge >= 0.3 is 0 Å². The monoisotopic (exact) mass is 339 g/mol. The summed E-state index contributed by atoms with van der Waals surface area (Å²) in [5.41, 5.74) is -1.61. The molecule has 1 unspecified atom stereocenters. The highest BCUT2D eigenvalue weighted by molar-refractivity contribution is 5.19. The molecule has 4 rings (SSSR count). The Morgan fingerprint density at radius 1 is 1.04 bits per heavy atom. The summed E-state index contributed by atoms with van der Waals surface area (Å²) in [5, 5.41) is 41.6. The maximum atomic E-state index is 10.9. The zero-order valence-electron chi connectivity index (χ0n) is 16.0. The second-order valence-electron chi connectivity index (χ2n) is 9.85. The normalized spacial score (nSPS) is 61.7. The lowest BCUT2D eigenvalue weighted by atomic mass is 9.39. The first-order chi connectivity index (χ1) is 11.6. The number of aliphatic hydroxyl groups is 4. The van der Waals surface area contributed by atoms with Gasteiger partial charge in [0.25, 0.3) is 0 Å². The van der Waals surface area contributed by atoms with Crippen LogP contribution in [0.4, 0.5) is 0 Å². The third kappa shape index (κ3) is 1.84. The fourth-order valence-corrected chi connectivity index (χ4v) is 7.82. The van der Waals surface area contributed by atoms with Crippen molar-refractivity contribution in [2.24, 2.45) is 34.0 Å². The Morgan fingerprint density at radius 3 is 2.46 bits per heavy atom. The molecule has 0 aromatic carbocycles. The van der Waals surface area contributed by atoms with Gasteiger partial charge in [0.15, 0.2) is 0 Å². The van der Waals surface area contributed by atoms with Gasteiger partial charge in [0.2, 0.25) is 0 Å². The molecule has 0 radical (unpaired) electrons. The molecule has 4 saturated carbocycles. The summed E-state index contributed by atoms with van der Waals surface area (Å²) in [6.45, 7) is 2.83. The Morgan fingerprint density at radius 2 is 1.79 bits per heavy atom. The molecule has 4 N–H and O–H groups in total. The van der Waals surface area contributed by atoms with Crippen LogP contribution in [0.15, 0.2) is 0 Å². The van der Waals surface area contributed by atoms with Crippen molar-refractivity contribution in [1.29, 1.82) is 0 Å². The van der Waals surface area contributed by atoms with Crippen LogP contribution in [0.5, 0.6) is 0 Å². The summed E-state index contributed by atoms with van der Waals surface area (Å²) in [4.78, 5) is 0. The smallest absolute Gasteiger partial charge is 0.0905 e. The van der Waals surface area contributed by atoms with Crippen LogP contribution in [0.1, 0.15) is 66.6 Å². The minimum absolute atomic E-state index is 0.0164. The van der Waals surface area contributed by atoms with E-state index in [9.17, 15) is 20.4 Å². The maximum Gasteiger partial charge on any atom is 0.0905 e. The molecule has 1 spiro atoms. The second-order valence-corrected chi connectivity index (χ2v) is 9.85. The van der Waals surface area contributed by atoms with E-state index in [4.69, 9.17) is 1.37 Å². The van der Waals surface area contributed by atoms with E-state index in [0.29, 0.717) is 18.8 Å². The van der Waals surface area contributed by atoms with Crippen LogP contribution in [0, 0.1) is 34.0 Å². The summed E-state index contributed by atoms with van der Waals surface area (Å²) in [6, 6.07) is 0. The highest BCUT2D eigenvalue weighted by Gasteiger charge is 2.70. The first-order valence-corrected chi connectivity index (χ1v) is 9.76. The molecule has 0 aromatic heterocycles. The summed E-state index contributed by atoms with van der Waals surface area (Å²) in [7, 11) is 0. The first kappa shape index (κ1) is 16.0. The standard InChI is InChI=1S/C20H34O4/c1-17(11-21)15-4-3-13-9-14-10-19(13,7-8-20(14,24)12-22)18(15,2)6-5-16(17)23/h13-16,21-24H,3-12H2,1-2H3/t13-,14+,15-,16+,17-,18-,19-,20-/m0/s1/i11D/t11?,13-,14+,15-,16+,17-,18-,19-,20-. The molecule has 4 fully saturated rings. The number of hydrogen-bond donors (Lipinski definition) is 4. The van der Waals surface area contributed by atoms with Gasteiger partial charge in [-0.2, -0.15) is 0 Å². The summed E-state index contributed by atoms with van der Waals surface area (Å²) < 4.78 is 8.09. The van der Waals surface area contributed by atoms with Crippen LogP contribution in [-0.2, 0) is 0 Å². The molecule has 0 aliphatic heterocycles. The molecule has 4 heteroatoms. The van der Waals surface area contributed by atoms with Crippen LogP contribution < -0.4 is 0 Å². The van der Waals surface area contributed by atoms with E-state index < -0.39 is 23.7 Å². The van der Waals surface area contributed by atoms with E-state index in [2.05, 4.69) is 6.92 Å². The van der Waals surface area contributed by atoms with E-state index in [1.54, 1.807) is 0 Å². The van der Waals surface area contributed by atoms with E-state index in [1.165, 1.54) is 0 Å². The van der Waals surface area contributed by atoms with Crippen LogP contribution in [0.2, 0.25) is 0 Å². The van der Waals surface area contributed by atoms with Gasteiger partial charge in [-0.1, -0.05) is 13.8 Å². The molecule has 0 aromatic rings. The minimum atomic E-state index is -1.27. The lowest BCUT2D eigenvalue weighted by molar-refractivity contribution is -0.216. The van der Waals surface area contributed by atoms with E-state index in [-0.39, 0.29) is 29.3 Å². The van der Waals surface area contributed by atoms with Crippen molar-refractivity contribution in [2.75, 3.05) is 13.2 Å². The van der Waals surface area contributed by atoms with Gasteiger partial charge in [-0.25, -0.2) is 0 Å². The molecule has 4 nitrogen and oxygen atoms in total. The Balaban J connectivity index is 1.76. The molecule has 4 aliphatic carbocycles. The first-order valence-electron chi connectivity index (χ1n) is 10.3. The third-order valence-electron chi connectivity index (χ3n) is 9.39. The van der Waals surface area contributed by atoms with Crippen molar-refractivity contribution in [3.63, 3.8) is 0 Å². The molecule has 24 heavy (non-hydrogen) atoms. The third-order valence-corrected chi connectivity index (χ3v) is 9.39. The van der Waals surface area contributed by atoms with E-state index in [0.717, 1.165) is 38.5 Å². The Hall–Kier alpha value is -0.160. The molecule has 138 valence electrons. The van der Waals surface area contributed by atoms with E-state index >= 15 is 0 Å². The van der Waals surface area contributed by atoms with Crippen molar-refractivity contribution < 1.29 is 21.8 Å². The van der Waals surface area contributed by atoms with Crippen LogP contribution in [0.25, 0.3) is 0 Å². The summed E-state index contributed by atoms with van der Waals surface area (Å²) >= 11 is 0. The van der Waals surface area contributed by atoms with Gasteiger partial charge in [0.1, 0.15) is 0 Å².